The fourth-order valence-corrected chi connectivity index (χ4v) is 2.52. The maximum Gasteiger partial charge on any atom is 0.270 e. The zero-order valence-corrected chi connectivity index (χ0v) is 14.7. The second-order valence-corrected chi connectivity index (χ2v) is 6.11. The summed E-state index contributed by atoms with van der Waals surface area (Å²) in [4.78, 5) is 10.4. The number of hydrogen-bond donors (Lipinski definition) is 1. The first-order valence-corrected chi connectivity index (χ1v) is 8.04. The minimum absolute atomic E-state index is 0.0837. The molecular formula is C15H9Cl2N5O2S. The number of H-pyrrole nitrogens is 1. The molecule has 0 amide bonds. The van der Waals surface area contributed by atoms with E-state index in [-0.39, 0.29) is 10.5 Å². The normalized spacial score (nSPS) is 11.1. The summed E-state index contributed by atoms with van der Waals surface area (Å²) in [5.74, 6) is 0.472. The maximum absolute atomic E-state index is 10.9. The molecule has 126 valence electrons. The van der Waals surface area contributed by atoms with Crippen molar-refractivity contribution in [1.82, 2.24) is 14.9 Å². The van der Waals surface area contributed by atoms with Gasteiger partial charge in [0.25, 0.3) is 5.69 Å². The average Bonchev–Trinajstić information content (AvgIpc) is 2.95. The molecule has 0 saturated carbocycles. The van der Waals surface area contributed by atoms with Gasteiger partial charge >= 0.3 is 0 Å². The van der Waals surface area contributed by atoms with Gasteiger partial charge in [-0.3, -0.25) is 10.1 Å². The van der Waals surface area contributed by atoms with Gasteiger partial charge in [-0.2, -0.15) is 14.9 Å². The van der Waals surface area contributed by atoms with Gasteiger partial charge in [-0.15, -0.1) is 0 Å². The highest BCUT2D eigenvalue weighted by atomic mass is 35.5. The monoisotopic (exact) mass is 393 g/mol. The molecule has 0 radical (unpaired) electrons. The molecule has 0 saturated heterocycles. The van der Waals surface area contributed by atoms with Gasteiger partial charge in [0, 0.05) is 33.3 Å². The second-order valence-electron chi connectivity index (χ2n) is 4.88. The fraction of sp³-hybridized carbons (Fsp3) is 0. The highest BCUT2D eigenvalue weighted by Gasteiger charge is 2.10. The molecule has 0 atom stereocenters. The fourth-order valence-electron chi connectivity index (χ4n) is 2.05. The van der Waals surface area contributed by atoms with Crippen LogP contribution in [0.3, 0.4) is 0 Å². The van der Waals surface area contributed by atoms with Crippen LogP contribution in [0.2, 0.25) is 10.0 Å². The van der Waals surface area contributed by atoms with Gasteiger partial charge < -0.3 is 0 Å². The standard InChI is InChI=1S/C15H9Cl2N5O2S/c16-11-3-1-9(2-4-11)14-19-20-15(25)21(14)18-8-10-7-12(22(23)24)5-6-13(10)17/h1-8H,(H,20,25)/b18-8-. The van der Waals surface area contributed by atoms with E-state index in [2.05, 4.69) is 15.3 Å². The first kappa shape index (κ1) is 17.3. The summed E-state index contributed by atoms with van der Waals surface area (Å²) in [5.41, 5.74) is 1.06. The molecule has 0 bridgehead atoms. The topological polar surface area (TPSA) is 89.1 Å². The van der Waals surface area contributed by atoms with Crippen LogP contribution in [-0.4, -0.2) is 26.0 Å². The number of nitro benzene ring substituents is 1. The lowest BCUT2D eigenvalue weighted by atomic mass is 10.2. The van der Waals surface area contributed by atoms with Crippen molar-refractivity contribution in [2.75, 3.05) is 0 Å². The molecule has 1 aromatic heterocycles. The van der Waals surface area contributed by atoms with Crippen LogP contribution in [0, 0.1) is 14.9 Å². The number of halogens is 2. The molecule has 0 fully saturated rings. The third-order valence-electron chi connectivity index (χ3n) is 3.26. The summed E-state index contributed by atoms with van der Waals surface area (Å²) in [6, 6.07) is 11.1. The van der Waals surface area contributed by atoms with Gasteiger partial charge in [0.1, 0.15) is 0 Å². The molecule has 3 rings (SSSR count). The maximum atomic E-state index is 10.9. The molecule has 0 aliphatic rings. The Morgan fingerprint density at radius 3 is 2.64 bits per heavy atom. The van der Waals surface area contributed by atoms with Crippen molar-refractivity contribution >= 4 is 47.3 Å². The summed E-state index contributed by atoms with van der Waals surface area (Å²) in [5, 5.41) is 22.9. The van der Waals surface area contributed by atoms with Crippen molar-refractivity contribution in [3.63, 3.8) is 0 Å². The summed E-state index contributed by atoms with van der Waals surface area (Å²) in [6.07, 6.45) is 1.39. The Bertz CT molecular complexity index is 1030. The van der Waals surface area contributed by atoms with Crippen LogP contribution in [0.1, 0.15) is 5.56 Å². The first-order chi connectivity index (χ1) is 12.0. The number of nitrogens with one attached hydrogen (secondary N) is 1. The highest BCUT2D eigenvalue weighted by Crippen LogP contribution is 2.22. The Kier molecular flexibility index (Phi) is 4.93. The molecule has 0 spiro atoms. The lowest BCUT2D eigenvalue weighted by Crippen LogP contribution is -1.96. The van der Waals surface area contributed by atoms with E-state index in [9.17, 15) is 10.1 Å². The zero-order valence-electron chi connectivity index (χ0n) is 12.4. The van der Waals surface area contributed by atoms with Crippen molar-refractivity contribution in [2.45, 2.75) is 0 Å². The third-order valence-corrected chi connectivity index (χ3v) is 4.12. The predicted molar refractivity (Wildman–Crippen MR) is 99.0 cm³/mol. The number of benzene rings is 2. The largest absolute Gasteiger partial charge is 0.270 e. The van der Waals surface area contributed by atoms with Crippen LogP contribution in [0.5, 0.6) is 0 Å². The van der Waals surface area contributed by atoms with E-state index < -0.39 is 4.92 Å². The van der Waals surface area contributed by atoms with Crippen molar-refractivity contribution in [3.05, 3.63) is 73.0 Å². The summed E-state index contributed by atoms with van der Waals surface area (Å²) in [6.45, 7) is 0. The van der Waals surface area contributed by atoms with Crippen LogP contribution >= 0.6 is 35.4 Å². The highest BCUT2D eigenvalue weighted by molar-refractivity contribution is 7.71. The number of nitro groups is 1. The van der Waals surface area contributed by atoms with E-state index in [0.717, 1.165) is 5.56 Å². The third kappa shape index (κ3) is 3.76. The molecule has 1 heterocycles. The van der Waals surface area contributed by atoms with E-state index in [4.69, 9.17) is 35.4 Å². The Balaban J connectivity index is 2.02. The zero-order chi connectivity index (χ0) is 18.0. The summed E-state index contributed by atoms with van der Waals surface area (Å²) < 4.78 is 1.66. The smallest absolute Gasteiger partial charge is 0.258 e. The lowest BCUT2D eigenvalue weighted by molar-refractivity contribution is -0.384. The van der Waals surface area contributed by atoms with Crippen LogP contribution in [-0.2, 0) is 0 Å². The molecule has 10 heteroatoms. The van der Waals surface area contributed by atoms with Crippen LogP contribution in [0.25, 0.3) is 11.4 Å². The van der Waals surface area contributed by atoms with E-state index in [1.54, 1.807) is 24.3 Å². The van der Waals surface area contributed by atoms with E-state index in [1.807, 2.05) is 0 Å². The number of aromatic amines is 1. The number of hydrogen-bond acceptors (Lipinski definition) is 5. The van der Waals surface area contributed by atoms with Gasteiger partial charge in [0.15, 0.2) is 5.82 Å². The first-order valence-electron chi connectivity index (χ1n) is 6.87. The molecule has 7 nitrogen and oxygen atoms in total. The van der Waals surface area contributed by atoms with Gasteiger partial charge in [0.2, 0.25) is 4.77 Å². The average molecular weight is 394 g/mol. The molecule has 3 aromatic rings. The van der Waals surface area contributed by atoms with Gasteiger partial charge in [-0.05, 0) is 42.5 Å². The Labute approximate surface area is 156 Å². The van der Waals surface area contributed by atoms with Crippen molar-refractivity contribution in [1.29, 1.82) is 0 Å². The van der Waals surface area contributed by atoms with Crippen molar-refractivity contribution in [2.24, 2.45) is 5.10 Å². The van der Waals surface area contributed by atoms with Crippen LogP contribution < -0.4 is 0 Å². The molecule has 25 heavy (non-hydrogen) atoms. The Morgan fingerprint density at radius 1 is 1.24 bits per heavy atom. The Morgan fingerprint density at radius 2 is 1.96 bits per heavy atom. The lowest BCUT2D eigenvalue weighted by Gasteiger charge is -2.02. The molecule has 0 aliphatic heterocycles. The SMILES string of the molecule is O=[N+]([O-])c1ccc(Cl)c(/C=N\n2c(-c3ccc(Cl)cc3)n[nH]c2=S)c1. The number of non-ortho nitro benzene ring substituents is 1. The van der Waals surface area contributed by atoms with Crippen molar-refractivity contribution in [3.8, 4) is 11.4 Å². The quantitative estimate of drug-likeness (QED) is 0.301. The molecule has 0 unspecified atom stereocenters. The van der Waals surface area contributed by atoms with Crippen LogP contribution in [0.4, 0.5) is 5.69 Å². The minimum Gasteiger partial charge on any atom is -0.258 e. The van der Waals surface area contributed by atoms with Gasteiger partial charge in [0.05, 0.1) is 11.1 Å². The predicted octanol–water partition coefficient (Wildman–Crippen LogP) is 4.70. The van der Waals surface area contributed by atoms with E-state index in [0.29, 0.717) is 21.4 Å². The molecule has 2 aromatic carbocycles. The molecule has 1 N–H and O–H groups in total. The number of aromatic nitrogens is 3. The van der Waals surface area contributed by atoms with Gasteiger partial charge in [-0.25, -0.2) is 5.10 Å². The molecular weight excluding hydrogens is 385 g/mol. The van der Waals surface area contributed by atoms with E-state index in [1.165, 1.54) is 29.1 Å². The second kappa shape index (κ2) is 7.14. The number of nitrogens with zero attached hydrogens (tertiary/aromatic N) is 4. The summed E-state index contributed by atoms with van der Waals surface area (Å²) in [7, 11) is 0. The Hall–Kier alpha value is -2.55. The van der Waals surface area contributed by atoms with E-state index >= 15 is 0 Å². The van der Waals surface area contributed by atoms with Crippen molar-refractivity contribution < 1.29 is 4.92 Å². The summed E-state index contributed by atoms with van der Waals surface area (Å²) >= 11 is 17.1. The van der Waals surface area contributed by atoms with Gasteiger partial charge in [-0.1, -0.05) is 23.2 Å². The molecule has 0 aliphatic carbocycles. The number of rotatable bonds is 4. The van der Waals surface area contributed by atoms with Crippen LogP contribution in [0.15, 0.2) is 47.6 Å². The minimum atomic E-state index is -0.504.